The van der Waals surface area contributed by atoms with E-state index in [9.17, 15) is 4.79 Å². The molecule has 0 spiro atoms. The van der Waals surface area contributed by atoms with Crippen molar-refractivity contribution in [1.82, 2.24) is 14.8 Å². The summed E-state index contributed by atoms with van der Waals surface area (Å²) in [5.41, 5.74) is 0.108. The molecule has 2 heterocycles. The first-order chi connectivity index (χ1) is 8.56. The zero-order valence-electron chi connectivity index (χ0n) is 10.6. The summed E-state index contributed by atoms with van der Waals surface area (Å²) in [6, 6.07) is 0.431. The topological polar surface area (TPSA) is 68.7 Å². The van der Waals surface area contributed by atoms with Crippen molar-refractivity contribution < 1.29 is 9.90 Å². The van der Waals surface area contributed by atoms with E-state index in [2.05, 4.69) is 34.2 Å². The summed E-state index contributed by atoms with van der Waals surface area (Å²) in [4.78, 5) is 19.4. The highest BCUT2D eigenvalue weighted by Crippen LogP contribution is 2.16. The molecule has 0 aliphatic carbocycles. The zero-order chi connectivity index (χ0) is 13.1. The number of nitrogens with zero attached hydrogens (tertiary/aromatic N) is 3. The lowest BCUT2D eigenvalue weighted by atomic mass is 10.2. The molecule has 0 bridgehead atoms. The molecule has 7 heteroatoms. The number of carboxylic acid groups (broad SMARTS) is 1. The second-order valence-corrected chi connectivity index (χ2v) is 5.48. The number of hydrogen-bond acceptors (Lipinski definition) is 6. The molecule has 1 saturated heterocycles. The van der Waals surface area contributed by atoms with E-state index in [4.69, 9.17) is 5.11 Å². The fourth-order valence-corrected chi connectivity index (χ4v) is 2.67. The van der Waals surface area contributed by atoms with Crippen molar-refractivity contribution >= 4 is 22.4 Å². The first-order valence-corrected chi connectivity index (χ1v) is 6.75. The molecule has 2 N–H and O–H groups in total. The lowest BCUT2D eigenvalue weighted by Crippen LogP contribution is -2.52. The molecule has 100 valence electrons. The molecule has 1 aliphatic rings. The van der Waals surface area contributed by atoms with Crippen molar-refractivity contribution in [2.75, 3.05) is 45.6 Å². The zero-order valence-corrected chi connectivity index (χ0v) is 11.4. The van der Waals surface area contributed by atoms with Crippen LogP contribution in [0.5, 0.6) is 0 Å². The number of hydrogen-bond donors (Lipinski definition) is 2. The number of carbonyl (C=O) groups is 1. The molecule has 1 fully saturated rings. The molecule has 1 unspecified atom stereocenters. The third-order valence-electron chi connectivity index (χ3n) is 3.19. The Morgan fingerprint density at radius 1 is 1.61 bits per heavy atom. The number of rotatable bonds is 4. The lowest BCUT2D eigenvalue weighted by Gasteiger charge is -2.37. The molecule has 18 heavy (non-hydrogen) atoms. The summed E-state index contributed by atoms with van der Waals surface area (Å²) in [6.07, 6.45) is 0. The van der Waals surface area contributed by atoms with Gasteiger partial charge in [-0.3, -0.25) is 4.90 Å². The molecular weight excluding hydrogens is 252 g/mol. The van der Waals surface area contributed by atoms with Gasteiger partial charge in [-0.15, -0.1) is 11.3 Å². The maximum Gasteiger partial charge on any atom is 0.355 e. The molecule has 1 aromatic rings. The maximum absolute atomic E-state index is 10.7. The van der Waals surface area contributed by atoms with Crippen LogP contribution in [0.15, 0.2) is 5.38 Å². The van der Waals surface area contributed by atoms with Gasteiger partial charge in [-0.25, -0.2) is 9.78 Å². The minimum Gasteiger partial charge on any atom is -0.476 e. The van der Waals surface area contributed by atoms with Crippen molar-refractivity contribution in [3.05, 3.63) is 11.1 Å². The number of aromatic nitrogens is 1. The molecule has 0 amide bonds. The average Bonchev–Trinajstić information content (AvgIpc) is 2.79. The monoisotopic (exact) mass is 270 g/mol. The summed E-state index contributed by atoms with van der Waals surface area (Å²) in [5, 5.41) is 14.2. The number of thiazole rings is 1. The van der Waals surface area contributed by atoms with Gasteiger partial charge >= 0.3 is 5.97 Å². The van der Waals surface area contributed by atoms with Crippen LogP contribution in [0.3, 0.4) is 0 Å². The van der Waals surface area contributed by atoms with Crippen LogP contribution in [0.1, 0.15) is 10.5 Å². The first kappa shape index (κ1) is 13.3. The quantitative estimate of drug-likeness (QED) is 0.830. The third kappa shape index (κ3) is 3.18. The number of anilines is 1. The van der Waals surface area contributed by atoms with Crippen LogP contribution >= 0.6 is 11.3 Å². The number of aromatic carboxylic acids is 1. The Bertz CT molecular complexity index is 423. The SMILES string of the molecule is CN1CCN(C)C(CNc2nc(C(=O)O)cs2)C1. The van der Waals surface area contributed by atoms with Crippen LogP contribution < -0.4 is 5.32 Å². The predicted molar refractivity (Wildman–Crippen MR) is 71.5 cm³/mol. The smallest absolute Gasteiger partial charge is 0.355 e. The highest BCUT2D eigenvalue weighted by atomic mass is 32.1. The van der Waals surface area contributed by atoms with E-state index < -0.39 is 5.97 Å². The van der Waals surface area contributed by atoms with E-state index in [0.717, 1.165) is 26.2 Å². The normalized spacial score (nSPS) is 22.0. The number of likely N-dealkylation sites (N-methyl/N-ethyl adjacent to an activating group) is 2. The average molecular weight is 270 g/mol. The van der Waals surface area contributed by atoms with Crippen molar-refractivity contribution in [2.24, 2.45) is 0 Å². The molecule has 1 atom stereocenters. The Balaban J connectivity index is 1.88. The third-order valence-corrected chi connectivity index (χ3v) is 3.99. The van der Waals surface area contributed by atoms with Gasteiger partial charge in [-0.2, -0.15) is 0 Å². The number of nitrogens with one attached hydrogen (secondary N) is 1. The van der Waals surface area contributed by atoms with Crippen molar-refractivity contribution in [3.63, 3.8) is 0 Å². The van der Waals surface area contributed by atoms with Crippen molar-refractivity contribution in [3.8, 4) is 0 Å². The van der Waals surface area contributed by atoms with Gasteiger partial charge in [0.1, 0.15) is 0 Å². The van der Waals surface area contributed by atoms with Gasteiger partial charge < -0.3 is 15.3 Å². The van der Waals surface area contributed by atoms with Crippen LogP contribution in [0.4, 0.5) is 5.13 Å². The second kappa shape index (κ2) is 5.64. The summed E-state index contributed by atoms with van der Waals surface area (Å²) in [5.74, 6) is -0.978. The second-order valence-electron chi connectivity index (χ2n) is 4.62. The van der Waals surface area contributed by atoms with Gasteiger partial charge in [0.2, 0.25) is 0 Å². The van der Waals surface area contributed by atoms with Gasteiger partial charge in [-0.1, -0.05) is 0 Å². The molecule has 1 aromatic heterocycles. The van der Waals surface area contributed by atoms with Gasteiger partial charge in [0, 0.05) is 37.6 Å². The maximum atomic E-state index is 10.7. The molecular formula is C11H18N4O2S. The first-order valence-electron chi connectivity index (χ1n) is 5.87. The molecule has 1 aliphatic heterocycles. The summed E-state index contributed by atoms with van der Waals surface area (Å²) in [6.45, 7) is 3.95. The summed E-state index contributed by atoms with van der Waals surface area (Å²) in [7, 11) is 4.23. The Kier molecular flexibility index (Phi) is 4.15. The van der Waals surface area contributed by atoms with Crippen LogP contribution in [0.25, 0.3) is 0 Å². The summed E-state index contributed by atoms with van der Waals surface area (Å²) < 4.78 is 0. The predicted octanol–water partition coefficient (Wildman–Crippen LogP) is 0.499. The van der Waals surface area contributed by atoms with Gasteiger partial charge in [0.25, 0.3) is 0 Å². The minimum atomic E-state index is -0.978. The minimum absolute atomic E-state index is 0.108. The molecule has 0 saturated carbocycles. The van der Waals surface area contributed by atoms with E-state index in [1.54, 1.807) is 5.38 Å². The lowest BCUT2D eigenvalue weighted by molar-refractivity contribution is 0.0691. The van der Waals surface area contributed by atoms with E-state index in [0.29, 0.717) is 11.2 Å². The molecule has 0 radical (unpaired) electrons. The number of piperazine rings is 1. The van der Waals surface area contributed by atoms with E-state index in [1.807, 2.05) is 0 Å². The van der Waals surface area contributed by atoms with Crippen LogP contribution in [-0.2, 0) is 0 Å². The molecule has 6 nitrogen and oxygen atoms in total. The van der Waals surface area contributed by atoms with Crippen LogP contribution in [0, 0.1) is 0 Å². The van der Waals surface area contributed by atoms with Gasteiger partial charge in [0.05, 0.1) is 0 Å². The van der Waals surface area contributed by atoms with E-state index >= 15 is 0 Å². The van der Waals surface area contributed by atoms with E-state index in [-0.39, 0.29) is 5.69 Å². The summed E-state index contributed by atoms with van der Waals surface area (Å²) >= 11 is 1.33. The largest absolute Gasteiger partial charge is 0.476 e. The molecule has 0 aromatic carbocycles. The standard InChI is InChI=1S/C11H18N4O2S/c1-14-3-4-15(2)8(6-14)5-12-11-13-9(7-18-11)10(16)17/h7-8H,3-6H2,1-2H3,(H,12,13)(H,16,17). The van der Waals surface area contributed by atoms with Crippen LogP contribution in [-0.4, -0.2) is 72.2 Å². The van der Waals surface area contributed by atoms with Crippen molar-refractivity contribution in [2.45, 2.75) is 6.04 Å². The highest BCUT2D eigenvalue weighted by Gasteiger charge is 2.22. The van der Waals surface area contributed by atoms with Crippen molar-refractivity contribution in [1.29, 1.82) is 0 Å². The van der Waals surface area contributed by atoms with Gasteiger partial charge in [0.15, 0.2) is 10.8 Å². The Morgan fingerprint density at radius 2 is 2.39 bits per heavy atom. The van der Waals surface area contributed by atoms with E-state index in [1.165, 1.54) is 11.3 Å². The Hall–Kier alpha value is -1.18. The fraction of sp³-hybridized carbons (Fsp3) is 0.636. The Morgan fingerprint density at radius 3 is 3.06 bits per heavy atom. The number of carboxylic acids is 1. The van der Waals surface area contributed by atoms with Crippen LogP contribution in [0.2, 0.25) is 0 Å². The fourth-order valence-electron chi connectivity index (χ4n) is 1.98. The molecule has 2 rings (SSSR count). The Labute approximate surface area is 110 Å². The van der Waals surface area contributed by atoms with Gasteiger partial charge in [-0.05, 0) is 14.1 Å². The highest BCUT2D eigenvalue weighted by molar-refractivity contribution is 7.13.